The van der Waals surface area contributed by atoms with Gasteiger partial charge in [0.15, 0.2) is 0 Å². The van der Waals surface area contributed by atoms with Gasteiger partial charge in [0.2, 0.25) is 5.95 Å². The van der Waals surface area contributed by atoms with E-state index in [1.54, 1.807) is 0 Å². The third-order valence-electron chi connectivity index (χ3n) is 3.42. The number of aryl methyl sites for hydroxylation is 1. The van der Waals surface area contributed by atoms with Gasteiger partial charge in [-0.25, -0.2) is 4.98 Å². The molecule has 0 fully saturated rings. The zero-order valence-electron chi connectivity index (χ0n) is 13.4. The van der Waals surface area contributed by atoms with Gasteiger partial charge < -0.3 is 9.88 Å². The lowest BCUT2D eigenvalue weighted by atomic mass is 9.87. The van der Waals surface area contributed by atoms with E-state index in [1.165, 1.54) is 5.56 Å². The van der Waals surface area contributed by atoms with E-state index < -0.39 is 0 Å². The molecule has 1 heterocycles. The van der Waals surface area contributed by atoms with E-state index in [4.69, 9.17) is 0 Å². The molecule has 0 saturated carbocycles. The van der Waals surface area contributed by atoms with Crippen molar-refractivity contribution in [1.29, 1.82) is 0 Å². The van der Waals surface area contributed by atoms with Gasteiger partial charge >= 0.3 is 0 Å². The molecule has 0 spiro atoms. The molecule has 0 saturated heterocycles. The van der Waals surface area contributed by atoms with Crippen LogP contribution in [-0.2, 0) is 5.41 Å². The maximum Gasteiger partial charge on any atom is 0.207 e. The van der Waals surface area contributed by atoms with E-state index in [0.29, 0.717) is 6.04 Å². The summed E-state index contributed by atoms with van der Waals surface area (Å²) < 4.78 is 2.16. The summed E-state index contributed by atoms with van der Waals surface area (Å²) in [6.07, 6.45) is 2.08. The lowest BCUT2D eigenvalue weighted by Gasteiger charge is -2.19. The average molecular weight is 271 g/mol. The number of hydrogen-bond donors (Lipinski definition) is 1. The molecule has 1 aromatic heterocycles. The van der Waals surface area contributed by atoms with E-state index in [2.05, 4.69) is 79.9 Å². The molecule has 1 N–H and O–H groups in total. The van der Waals surface area contributed by atoms with Crippen molar-refractivity contribution in [3.05, 3.63) is 41.7 Å². The Bertz CT molecular complexity index is 571. The van der Waals surface area contributed by atoms with Gasteiger partial charge in [0.1, 0.15) is 0 Å². The fourth-order valence-electron chi connectivity index (χ4n) is 2.18. The second-order valence-corrected chi connectivity index (χ2v) is 6.66. The van der Waals surface area contributed by atoms with Crippen LogP contribution in [0.3, 0.4) is 0 Å². The Hall–Kier alpha value is -1.77. The number of imidazole rings is 1. The van der Waals surface area contributed by atoms with Crippen LogP contribution in [0.15, 0.2) is 30.5 Å². The van der Waals surface area contributed by atoms with Crippen LogP contribution < -0.4 is 5.32 Å². The van der Waals surface area contributed by atoms with E-state index in [1.807, 2.05) is 6.92 Å². The molecule has 1 aromatic carbocycles. The minimum atomic E-state index is 0.186. The van der Waals surface area contributed by atoms with Crippen LogP contribution in [0.2, 0.25) is 0 Å². The molecule has 2 aromatic rings. The minimum Gasteiger partial charge on any atom is -0.326 e. The molecule has 0 atom stereocenters. The summed E-state index contributed by atoms with van der Waals surface area (Å²) in [5, 5.41) is 3.41. The van der Waals surface area contributed by atoms with Crippen LogP contribution in [0.5, 0.6) is 0 Å². The Morgan fingerprint density at radius 1 is 1.10 bits per heavy atom. The highest BCUT2D eigenvalue weighted by molar-refractivity contribution is 5.55. The predicted molar refractivity (Wildman–Crippen MR) is 85.8 cm³/mol. The number of rotatable bonds is 3. The van der Waals surface area contributed by atoms with Gasteiger partial charge in [0.05, 0.1) is 5.69 Å². The fraction of sp³-hybridized carbons (Fsp3) is 0.471. The Morgan fingerprint density at radius 3 is 2.20 bits per heavy atom. The smallest absolute Gasteiger partial charge is 0.207 e. The van der Waals surface area contributed by atoms with Crippen LogP contribution in [0, 0.1) is 6.92 Å². The van der Waals surface area contributed by atoms with E-state index >= 15 is 0 Å². The van der Waals surface area contributed by atoms with E-state index in [-0.39, 0.29) is 5.41 Å². The number of nitrogens with one attached hydrogen (secondary N) is 1. The first-order valence-electron chi connectivity index (χ1n) is 7.20. The van der Waals surface area contributed by atoms with E-state index in [0.717, 1.165) is 17.3 Å². The van der Waals surface area contributed by atoms with Gasteiger partial charge in [-0.3, -0.25) is 0 Å². The molecule has 0 radical (unpaired) electrons. The maximum atomic E-state index is 4.55. The predicted octanol–water partition coefficient (Wildman–Crippen LogP) is 4.81. The Kier molecular flexibility index (Phi) is 3.89. The summed E-state index contributed by atoms with van der Waals surface area (Å²) in [5.74, 6) is 0.904. The van der Waals surface area contributed by atoms with Crippen molar-refractivity contribution in [3.63, 3.8) is 0 Å². The van der Waals surface area contributed by atoms with Crippen molar-refractivity contribution >= 4 is 11.6 Å². The van der Waals surface area contributed by atoms with Crippen LogP contribution in [-0.4, -0.2) is 9.55 Å². The van der Waals surface area contributed by atoms with Crippen molar-refractivity contribution in [2.24, 2.45) is 0 Å². The first-order chi connectivity index (χ1) is 9.27. The first kappa shape index (κ1) is 14.6. The molecular weight excluding hydrogens is 246 g/mol. The van der Waals surface area contributed by atoms with Crippen molar-refractivity contribution in [2.75, 3.05) is 5.32 Å². The standard InChI is InChI=1S/C17H25N3/c1-12(2)20-11-13(3)18-16(20)19-15-9-7-14(8-10-15)17(4,5)6/h7-12H,1-6H3,(H,18,19). The highest BCUT2D eigenvalue weighted by atomic mass is 15.2. The quantitative estimate of drug-likeness (QED) is 0.868. The highest BCUT2D eigenvalue weighted by Gasteiger charge is 2.13. The SMILES string of the molecule is Cc1cn(C(C)C)c(Nc2ccc(C(C)(C)C)cc2)n1. The van der Waals surface area contributed by atoms with Gasteiger partial charge in [-0.05, 0) is 43.9 Å². The molecule has 0 aliphatic carbocycles. The minimum absolute atomic E-state index is 0.186. The molecule has 0 amide bonds. The zero-order chi connectivity index (χ0) is 14.9. The second kappa shape index (κ2) is 5.31. The van der Waals surface area contributed by atoms with Crippen LogP contribution in [0.25, 0.3) is 0 Å². The first-order valence-corrected chi connectivity index (χ1v) is 7.20. The topological polar surface area (TPSA) is 29.9 Å². The molecular formula is C17H25N3. The lowest BCUT2D eigenvalue weighted by molar-refractivity contribution is 0.590. The summed E-state index contributed by atoms with van der Waals surface area (Å²) in [5.41, 5.74) is 3.63. The van der Waals surface area contributed by atoms with Gasteiger partial charge in [-0.2, -0.15) is 0 Å². The van der Waals surface area contributed by atoms with Crippen molar-refractivity contribution in [3.8, 4) is 0 Å². The average Bonchev–Trinajstić information content (AvgIpc) is 2.70. The molecule has 3 heteroatoms. The molecule has 0 aliphatic heterocycles. The summed E-state index contributed by atoms with van der Waals surface area (Å²) in [6.45, 7) is 13.0. The molecule has 0 aliphatic rings. The number of aromatic nitrogens is 2. The van der Waals surface area contributed by atoms with Crippen molar-refractivity contribution < 1.29 is 0 Å². The Labute approximate surface area is 122 Å². The maximum absolute atomic E-state index is 4.55. The summed E-state index contributed by atoms with van der Waals surface area (Å²) >= 11 is 0. The molecule has 2 rings (SSSR count). The van der Waals surface area contributed by atoms with Crippen molar-refractivity contribution in [1.82, 2.24) is 9.55 Å². The summed E-state index contributed by atoms with van der Waals surface area (Å²) in [4.78, 5) is 4.55. The Morgan fingerprint density at radius 2 is 1.70 bits per heavy atom. The van der Waals surface area contributed by atoms with Gasteiger partial charge in [-0.1, -0.05) is 32.9 Å². The third kappa shape index (κ3) is 3.21. The number of benzene rings is 1. The number of hydrogen-bond acceptors (Lipinski definition) is 2. The van der Waals surface area contributed by atoms with Gasteiger partial charge in [0.25, 0.3) is 0 Å². The van der Waals surface area contributed by atoms with Crippen molar-refractivity contribution in [2.45, 2.75) is 53.0 Å². The third-order valence-corrected chi connectivity index (χ3v) is 3.42. The fourth-order valence-corrected chi connectivity index (χ4v) is 2.18. The molecule has 3 nitrogen and oxygen atoms in total. The summed E-state index contributed by atoms with van der Waals surface area (Å²) in [6, 6.07) is 8.99. The molecule has 0 unspecified atom stereocenters. The molecule has 108 valence electrons. The molecule has 20 heavy (non-hydrogen) atoms. The normalized spacial score (nSPS) is 11.9. The zero-order valence-corrected chi connectivity index (χ0v) is 13.4. The largest absolute Gasteiger partial charge is 0.326 e. The number of nitrogens with zero attached hydrogens (tertiary/aromatic N) is 2. The van der Waals surface area contributed by atoms with Gasteiger partial charge in [0, 0.05) is 17.9 Å². The second-order valence-electron chi connectivity index (χ2n) is 6.66. The van der Waals surface area contributed by atoms with E-state index in [9.17, 15) is 0 Å². The lowest BCUT2D eigenvalue weighted by Crippen LogP contribution is -2.11. The Balaban J connectivity index is 2.22. The monoisotopic (exact) mass is 271 g/mol. The van der Waals surface area contributed by atoms with Crippen LogP contribution in [0.1, 0.15) is 51.9 Å². The van der Waals surface area contributed by atoms with Gasteiger partial charge in [-0.15, -0.1) is 0 Å². The number of anilines is 2. The summed E-state index contributed by atoms with van der Waals surface area (Å²) in [7, 11) is 0. The molecule has 0 bridgehead atoms. The highest BCUT2D eigenvalue weighted by Crippen LogP contribution is 2.25. The van der Waals surface area contributed by atoms with Crippen LogP contribution in [0.4, 0.5) is 11.6 Å². The van der Waals surface area contributed by atoms with Crippen LogP contribution >= 0.6 is 0 Å².